The Balaban J connectivity index is 2.06. The maximum absolute atomic E-state index is 12.8. The van der Waals surface area contributed by atoms with Crippen LogP contribution in [0.3, 0.4) is 0 Å². The molecule has 0 aliphatic carbocycles. The molecule has 2 rings (SSSR count). The van der Waals surface area contributed by atoms with Crippen LogP contribution < -0.4 is 16.0 Å². The topological polar surface area (TPSA) is 64.3 Å². The van der Waals surface area contributed by atoms with Crippen LogP contribution in [0, 0.1) is 5.82 Å². The van der Waals surface area contributed by atoms with E-state index in [1.165, 1.54) is 18.2 Å². The molecule has 2 aromatic rings. The zero-order chi connectivity index (χ0) is 14.5. The first kappa shape index (κ1) is 14.3. The van der Waals surface area contributed by atoms with Crippen molar-refractivity contribution >= 4 is 17.5 Å². The first-order valence-corrected chi connectivity index (χ1v) is 6.15. The molecule has 0 fully saturated rings. The van der Waals surface area contributed by atoms with Gasteiger partial charge in [0, 0.05) is 5.56 Å². The van der Waals surface area contributed by atoms with Crippen LogP contribution in [0.15, 0.2) is 42.5 Å². The molecular formula is C14H12ClFN2O2. The lowest BCUT2D eigenvalue weighted by atomic mass is 10.2. The average Bonchev–Trinajstić information content (AvgIpc) is 2.46. The summed E-state index contributed by atoms with van der Waals surface area (Å²) in [4.78, 5) is 11.3. The molecule has 0 heterocycles. The standard InChI is InChI=1S/C14H12ClFN2O2/c15-12-7-10(14(19)18-17)3-6-13(12)20-8-9-1-4-11(16)5-2-9/h1-7H,8,17H2,(H,18,19). The number of hydrogen-bond donors (Lipinski definition) is 2. The quantitative estimate of drug-likeness (QED) is 0.518. The summed E-state index contributed by atoms with van der Waals surface area (Å²) in [5.74, 6) is 4.73. The van der Waals surface area contributed by atoms with Crippen molar-refractivity contribution in [2.45, 2.75) is 6.61 Å². The predicted molar refractivity (Wildman–Crippen MR) is 73.8 cm³/mol. The molecule has 0 radical (unpaired) electrons. The second-order valence-corrected chi connectivity index (χ2v) is 4.44. The Kier molecular flexibility index (Phi) is 4.55. The van der Waals surface area contributed by atoms with Crippen LogP contribution in [0.1, 0.15) is 15.9 Å². The van der Waals surface area contributed by atoms with Gasteiger partial charge in [0.2, 0.25) is 0 Å². The van der Waals surface area contributed by atoms with Crippen LogP contribution in [-0.2, 0) is 6.61 Å². The molecule has 1 amide bonds. The van der Waals surface area contributed by atoms with E-state index in [0.29, 0.717) is 16.3 Å². The minimum atomic E-state index is -0.433. The molecule has 0 unspecified atom stereocenters. The normalized spacial score (nSPS) is 10.2. The Morgan fingerprint density at radius 2 is 1.95 bits per heavy atom. The SMILES string of the molecule is NNC(=O)c1ccc(OCc2ccc(F)cc2)c(Cl)c1. The van der Waals surface area contributed by atoms with Gasteiger partial charge in [-0.15, -0.1) is 0 Å². The van der Waals surface area contributed by atoms with Crippen molar-refractivity contribution in [1.82, 2.24) is 5.43 Å². The third-order valence-electron chi connectivity index (χ3n) is 2.63. The molecule has 0 bridgehead atoms. The fraction of sp³-hybridized carbons (Fsp3) is 0.0714. The molecule has 0 aliphatic heterocycles. The number of nitrogens with two attached hydrogens (primary N) is 1. The number of nitrogen functional groups attached to an aromatic ring is 1. The summed E-state index contributed by atoms with van der Waals surface area (Å²) in [5.41, 5.74) is 3.17. The lowest BCUT2D eigenvalue weighted by molar-refractivity contribution is 0.0953. The van der Waals surface area contributed by atoms with Crippen LogP contribution in [0.25, 0.3) is 0 Å². The highest BCUT2D eigenvalue weighted by atomic mass is 35.5. The Morgan fingerprint density at radius 1 is 1.25 bits per heavy atom. The fourth-order valence-electron chi connectivity index (χ4n) is 1.58. The minimum Gasteiger partial charge on any atom is -0.487 e. The monoisotopic (exact) mass is 294 g/mol. The first-order chi connectivity index (χ1) is 9.60. The van der Waals surface area contributed by atoms with Crippen LogP contribution in [-0.4, -0.2) is 5.91 Å². The predicted octanol–water partition coefficient (Wildman–Crippen LogP) is 2.66. The Labute approximate surface area is 120 Å². The van der Waals surface area contributed by atoms with Crippen LogP contribution in [0.5, 0.6) is 5.75 Å². The largest absolute Gasteiger partial charge is 0.487 e. The van der Waals surface area contributed by atoms with E-state index in [9.17, 15) is 9.18 Å². The van der Waals surface area contributed by atoms with Gasteiger partial charge < -0.3 is 4.74 Å². The van der Waals surface area contributed by atoms with Gasteiger partial charge in [-0.1, -0.05) is 23.7 Å². The van der Waals surface area contributed by atoms with Crippen molar-refractivity contribution in [2.75, 3.05) is 0 Å². The first-order valence-electron chi connectivity index (χ1n) is 5.78. The number of carbonyl (C=O) groups excluding carboxylic acids is 1. The summed E-state index contributed by atoms with van der Waals surface area (Å²) in [6, 6.07) is 10.6. The number of hydrogen-bond acceptors (Lipinski definition) is 3. The van der Waals surface area contributed by atoms with Crippen molar-refractivity contribution in [3.05, 3.63) is 64.4 Å². The lowest BCUT2D eigenvalue weighted by Gasteiger charge is -2.09. The van der Waals surface area contributed by atoms with E-state index < -0.39 is 5.91 Å². The molecule has 0 saturated carbocycles. The summed E-state index contributed by atoms with van der Waals surface area (Å²) in [6.45, 7) is 0.252. The van der Waals surface area contributed by atoms with Crippen molar-refractivity contribution in [3.8, 4) is 5.75 Å². The smallest absolute Gasteiger partial charge is 0.265 e. The van der Waals surface area contributed by atoms with Crippen molar-refractivity contribution in [2.24, 2.45) is 5.84 Å². The summed E-state index contributed by atoms with van der Waals surface area (Å²) >= 11 is 6.02. The number of halogens is 2. The van der Waals surface area contributed by atoms with Gasteiger partial charge in [-0.25, -0.2) is 10.2 Å². The van der Waals surface area contributed by atoms with Crippen molar-refractivity contribution in [3.63, 3.8) is 0 Å². The van der Waals surface area contributed by atoms with Gasteiger partial charge >= 0.3 is 0 Å². The van der Waals surface area contributed by atoms with Gasteiger partial charge in [0.15, 0.2) is 0 Å². The summed E-state index contributed by atoms with van der Waals surface area (Å²) in [5, 5.41) is 0.299. The van der Waals surface area contributed by atoms with Gasteiger partial charge in [-0.3, -0.25) is 10.2 Å². The number of nitrogens with one attached hydrogen (secondary N) is 1. The zero-order valence-corrected chi connectivity index (χ0v) is 11.2. The van der Waals surface area contributed by atoms with E-state index in [1.807, 2.05) is 5.43 Å². The molecule has 20 heavy (non-hydrogen) atoms. The van der Waals surface area contributed by atoms with E-state index in [4.69, 9.17) is 22.2 Å². The highest BCUT2D eigenvalue weighted by Gasteiger charge is 2.08. The van der Waals surface area contributed by atoms with Gasteiger partial charge in [-0.2, -0.15) is 0 Å². The molecule has 0 aromatic heterocycles. The van der Waals surface area contributed by atoms with E-state index in [2.05, 4.69) is 0 Å². The highest BCUT2D eigenvalue weighted by Crippen LogP contribution is 2.26. The molecule has 4 nitrogen and oxygen atoms in total. The number of hydrazine groups is 1. The van der Waals surface area contributed by atoms with Crippen LogP contribution >= 0.6 is 11.6 Å². The summed E-state index contributed by atoms with van der Waals surface area (Å²) in [7, 11) is 0. The number of carbonyl (C=O) groups is 1. The van der Waals surface area contributed by atoms with Gasteiger partial charge in [0.05, 0.1) is 5.02 Å². The zero-order valence-electron chi connectivity index (χ0n) is 10.4. The average molecular weight is 295 g/mol. The minimum absolute atomic E-state index is 0.252. The van der Waals surface area contributed by atoms with E-state index in [-0.39, 0.29) is 12.4 Å². The number of benzene rings is 2. The molecule has 0 aliphatic rings. The van der Waals surface area contributed by atoms with Crippen LogP contribution in [0.4, 0.5) is 4.39 Å². The third kappa shape index (κ3) is 3.46. The van der Waals surface area contributed by atoms with Crippen molar-refractivity contribution in [1.29, 1.82) is 0 Å². The van der Waals surface area contributed by atoms with Gasteiger partial charge in [0.1, 0.15) is 18.2 Å². The van der Waals surface area contributed by atoms with Gasteiger partial charge in [0.25, 0.3) is 5.91 Å². The Hall–Kier alpha value is -2.11. The molecule has 2 aromatic carbocycles. The number of ether oxygens (including phenoxy) is 1. The van der Waals surface area contributed by atoms with E-state index in [1.54, 1.807) is 24.3 Å². The molecule has 3 N–H and O–H groups in total. The molecule has 0 spiro atoms. The lowest BCUT2D eigenvalue weighted by Crippen LogP contribution is -2.29. The summed E-state index contributed by atoms with van der Waals surface area (Å²) < 4.78 is 18.3. The Bertz CT molecular complexity index is 617. The Morgan fingerprint density at radius 3 is 2.55 bits per heavy atom. The molecule has 6 heteroatoms. The number of rotatable bonds is 4. The van der Waals surface area contributed by atoms with Gasteiger partial charge in [-0.05, 0) is 35.9 Å². The highest BCUT2D eigenvalue weighted by molar-refractivity contribution is 6.32. The van der Waals surface area contributed by atoms with Crippen LogP contribution in [0.2, 0.25) is 5.02 Å². The fourth-order valence-corrected chi connectivity index (χ4v) is 1.82. The molecule has 0 atom stereocenters. The van der Waals surface area contributed by atoms with E-state index in [0.717, 1.165) is 5.56 Å². The molecular weight excluding hydrogens is 283 g/mol. The molecule has 104 valence electrons. The number of amides is 1. The third-order valence-corrected chi connectivity index (χ3v) is 2.93. The summed E-state index contributed by atoms with van der Waals surface area (Å²) in [6.07, 6.45) is 0. The van der Waals surface area contributed by atoms with E-state index >= 15 is 0 Å². The molecule has 0 saturated heterocycles. The second-order valence-electron chi connectivity index (χ2n) is 4.03. The second kappa shape index (κ2) is 6.36. The maximum atomic E-state index is 12.8. The van der Waals surface area contributed by atoms with Crippen molar-refractivity contribution < 1.29 is 13.9 Å². The maximum Gasteiger partial charge on any atom is 0.265 e.